The third kappa shape index (κ3) is 6.42. The highest BCUT2D eigenvalue weighted by Gasteiger charge is 2.10. The van der Waals surface area contributed by atoms with Crippen molar-refractivity contribution in [2.75, 3.05) is 20.8 Å². The normalized spacial score (nSPS) is 10.0. The lowest BCUT2D eigenvalue weighted by Gasteiger charge is -2.05. The lowest BCUT2D eigenvalue weighted by Crippen LogP contribution is -2.18. The molecular formula is C15H14O8. The van der Waals surface area contributed by atoms with Gasteiger partial charge in [-0.15, -0.1) is 0 Å². The molecule has 0 aliphatic rings. The highest BCUT2D eigenvalue weighted by atomic mass is 16.6. The van der Waals surface area contributed by atoms with Gasteiger partial charge in [0, 0.05) is 12.2 Å². The van der Waals surface area contributed by atoms with Crippen LogP contribution in [0.4, 0.5) is 0 Å². The van der Waals surface area contributed by atoms with Crippen LogP contribution in [0, 0.1) is 0 Å². The fraction of sp³-hybridized carbons (Fsp3) is 0.200. The molecule has 0 amide bonds. The molecule has 0 N–H and O–H groups in total. The van der Waals surface area contributed by atoms with E-state index in [0.29, 0.717) is 5.56 Å². The van der Waals surface area contributed by atoms with Gasteiger partial charge < -0.3 is 18.9 Å². The molecule has 0 aliphatic carbocycles. The van der Waals surface area contributed by atoms with Crippen molar-refractivity contribution in [1.82, 2.24) is 0 Å². The molecule has 0 unspecified atom stereocenters. The van der Waals surface area contributed by atoms with Crippen LogP contribution in [0.5, 0.6) is 5.75 Å². The molecule has 0 saturated heterocycles. The summed E-state index contributed by atoms with van der Waals surface area (Å²) in [6.45, 7) is -0.636. The van der Waals surface area contributed by atoms with Crippen molar-refractivity contribution in [3.63, 3.8) is 0 Å². The summed E-state index contributed by atoms with van der Waals surface area (Å²) in [6, 6.07) is 5.62. The Morgan fingerprint density at radius 3 is 2.09 bits per heavy atom. The first kappa shape index (κ1) is 17.9. The maximum atomic E-state index is 11.5. The van der Waals surface area contributed by atoms with Crippen LogP contribution in [0.3, 0.4) is 0 Å². The van der Waals surface area contributed by atoms with Crippen LogP contribution < -0.4 is 4.74 Å². The van der Waals surface area contributed by atoms with Crippen molar-refractivity contribution in [3.8, 4) is 5.75 Å². The SMILES string of the molecule is COC(=O)C=CC(=O)OCC(=O)Oc1ccc(C(=O)OC)cc1. The molecule has 122 valence electrons. The molecule has 0 bridgehead atoms. The van der Waals surface area contributed by atoms with Crippen LogP contribution in [0.1, 0.15) is 10.4 Å². The van der Waals surface area contributed by atoms with E-state index in [1.807, 2.05) is 0 Å². The molecule has 0 fully saturated rings. The van der Waals surface area contributed by atoms with Crippen LogP contribution in [-0.2, 0) is 28.6 Å². The van der Waals surface area contributed by atoms with Crippen molar-refractivity contribution in [1.29, 1.82) is 0 Å². The standard InChI is InChI=1S/C15H14O8/c1-20-12(16)7-8-13(17)22-9-14(18)23-11-5-3-10(4-6-11)15(19)21-2/h3-8H,9H2,1-2H3. The highest BCUT2D eigenvalue weighted by Crippen LogP contribution is 2.13. The molecule has 0 aromatic heterocycles. The number of hydrogen-bond acceptors (Lipinski definition) is 8. The summed E-state index contributed by atoms with van der Waals surface area (Å²) in [6.07, 6.45) is 1.68. The van der Waals surface area contributed by atoms with Crippen LogP contribution >= 0.6 is 0 Å². The third-order valence-electron chi connectivity index (χ3n) is 2.40. The second-order valence-corrected chi connectivity index (χ2v) is 3.95. The number of carbonyl (C=O) groups excluding carboxylic acids is 4. The highest BCUT2D eigenvalue weighted by molar-refractivity contribution is 5.92. The fourth-order valence-electron chi connectivity index (χ4n) is 1.32. The first-order valence-corrected chi connectivity index (χ1v) is 6.28. The number of benzene rings is 1. The number of carbonyl (C=O) groups is 4. The van der Waals surface area contributed by atoms with Crippen LogP contribution in [-0.4, -0.2) is 44.7 Å². The minimum absolute atomic E-state index is 0.170. The van der Waals surface area contributed by atoms with Crippen molar-refractivity contribution < 1.29 is 38.1 Å². The summed E-state index contributed by atoms with van der Waals surface area (Å²) in [4.78, 5) is 44.7. The minimum Gasteiger partial charge on any atom is -0.466 e. The lowest BCUT2D eigenvalue weighted by atomic mass is 10.2. The summed E-state index contributed by atoms with van der Waals surface area (Å²) >= 11 is 0. The molecule has 1 aromatic rings. The van der Waals surface area contributed by atoms with Crippen molar-refractivity contribution >= 4 is 23.9 Å². The number of rotatable bonds is 6. The molecular weight excluding hydrogens is 308 g/mol. The number of methoxy groups -OCH3 is 2. The average Bonchev–Trinajstić information content (AvgIpc) is 2.57. The maximum absolute atomic E-state index is 11.5. The van der Waals surface area contributed by atoms with E-state index in [2.05, 4.69) is 14.2 Å². The molecule has 0 heterocycles. The van der Waals surface area contributed by atoms with E-state index in [1.165, 1.54) is 31.4 Å². The summed E-state index contributed by atoms with van der Waals surface area (Å²) in [5, 5.41) is 0. The predicted octanol–water partition coefficient (Wildman–Crippen LogP) is 0.651. The largest absolute Gasteiger partial charge is 0.466 e. The molecule has 1 aromatic carbocycles. The summed E-state index contributed by atoms with van der Waals surface area (Å²) in [5.41, 5.74) is 0.298. The third-order valence-corrected chi connectivity index (χ3v) is 2.40. The van der Waals surface area contributed by atoms with Gasteiger partial charge in [-0.1, -0.05) is 0 Å². The second kappa shape index (κ2) is 8.98. The zero-order valence-corrected chi connectivity index (χ0v) is 12.4. The van der Waals surface area contributed by atoms with E-state index < -0.39 is 30.5 Å². The van der Waals surface area contributed by atoms with Crippen molar-refractivity contribution in [3.05, 3.63) is 42.0 Å². The smallest absolute Gasteiger partial charge is 0.349 e. The molecule has 0 saturated carbocycles. The Balaban J connectivity index is 2.45. The zero-order chi connectivity index (χ0) is 17.2. The van der Waals surface area contributed by atoms with E-state index in [9.17, 15) is 19.2 Å². The molecule has 0 radical (unpaired) electrons. The average molecular weight is 322 g/mol. The van der Waals surface area contributed by atoms with Gasteiger partial charge in [0.2, 0.25) is 0 Å². The molecule has 0 aliphatic heterocycles. The Morgan fingerprint density at radius 1 is 0.913 bits per heavy atom. The van der Waals surface area contributed by atoms with Crippen LogP contribution in [0.15, 0.2) is 36.4 Å². The van der Waals surface area contributed by atoms with Crippen molar-refractivity contribution in [2.24, 2.45) is 0 Å². The van der Waals surface area contributed by atoms with E-state index in [1.54, 1.807) is 0 Å². The Labute approximate surface area is 131 Å². The van der Waals surface area contributed by atoms with Crippen molar-refractivity contribution in [2.45, 2.75) is 0 Å². The molecule has 23 heavy (non-hydrogen) atoms. The molecule has 0 spiro atoms. The predicted molar refractivity (Wildman–Crippen MR) is 75.5 cm³/mol. The topological polar surface area (TPSA) is 105 Å². The molecule has 8 nitrogen and oxygen atoms in total. The number of ether oxygens (including phenoxy) is 4. The summed E-state index contributed by atoms with van der Waals surface area (Å²) in [7, 11) is 2.40. The summed E-state index contributed by atoms with van der Waals surface area (Å²) in [5.74, 6) is -2.79. The molecule has 8 heteroatoms. The Hall–Kier alpha value is -3.16. The fourth-order valence-corrected chi connectivity index (χ4v) is 1.32. The van der Waals surface area contributed by atoms with E-state index in [4.69, 9.17) is 4.74 Å². The van der Waals surface area contributed by atoms with Gasteiger partial charge in [-0.2, -0.15) is 0 Å². The van der Waals surface area contributed by atoms with E-state index in [0.717, 1.165) is 19.3 Å². The maximum Gasteiger partial charge on any atom is 0.349 e. The van der Waals surface area contributed by atoms with Gasteiger partial charge in [-0.05, 0) is 24.3 Å². The summed E-state index contributed by atoms with van der Waals surface area (Å²) < 4.78 is 18.3. The van der Waals surface area contributed by atoms with Crippen LogP contribution in [0.2, 0.25) is 0 Å². The van der Waals surface area contributed by atoms with E-state index >= 15 is 0 Å². The second-order valence-electron chi connectivity index (χ2n) is 3.95. The van der Waals surface area contributed by atoms with Gasteiger partial charge in [0.05, 0.1) is 19.8 Å². The van der Waals surface area contributed by atoms with Gasteiger partial charge in [0.1, 0.15) is 5.75 Å². The molecule has 0 atom stereocenters. The van der Waals surface area contributed by atoms with E-state index in [-0.39, 0.29) is 5.75 Å². The Bertz CT molecular complexity index is 615. The van der Waals surface area contributed by atoms with Gasteiger partial charge in [-0.3, -0.25) is 0 Å². The first-order chi connectivity index (χ1) is 11.0. The lowest BCUT2D eigenvalue weighted by molar-refractivity contribution is -0.150. The number of esters is 4. The Morgan fingerprint density at radius 2 is 1.52 bits per heavy atom. The monoisotopic (exact) mass is 322 g/mol. The molecule has 1 rings (SSSR count). The van der Waals surface area contributed by atoms with Gasteiger partial charge in [0.25, 0.3) is 0 Å². The van der Waals surface area contributed by atoms with Gasteiger partial charge >= 0.3 is 23.9 Å². The zero-order valence-electron chi connectivity index (χ0n) is 12.4. The van der Waals surface area contributed by atoms with Crippen LogP contribution in [0.25, 0.3) is 0 Å². The quantitative estimate of drug-likeness (QED) is 0.325. The van der Waals surface area contributed by atoms with Gasteiger partial charge in [0.15, 0.2) is 6.61 Å². The first-order valence-electron chi connectivity index (χ1n) is 6.28. The van der Waals surface area contributed by atoms with Gasteiger partial charge in [-0.25, -0.2) is 19.2 Å². The Kier molecular flexibility index (Phi) is 6.99. The number of hydrogen-bond donors (Lipinski definition) is 0. The minimum atomic E-state index is -0.895.